The number of nitrogens with zero attached hydrogens (tertiary/aromatic N) is 1. The van der Waals surface area contributed by atoms with Gasteiger partial charge in [0.2, 0.25) is 5.79 Å². The van der Waals surface area contributed by atoms with Gasteiger partial charge in [-0.25, -0.2) is 0 Å². The highest BCUT2D eigenvalue weighted by Crippen LogP contribution is 2.71. The van der Waals surface area contributed by atoms with Crippen LogP contribution in [-0.2, 0) is 4.74 Å². The third-order valence-electron chi connectivity index (χ3n) is 4.33. The first-order valence-electron chi connectivity index (χ1n) is 5.10. The first-order chi connectivity index (χ1) is 7.27. The van der Waals surface area contributed by atoms with Crippen molar-refractivity contribution < 1.29 is 9.84 Å². The first-order valence-corrected chi connectivity index (χ1v) is 5.10. The lowest BCUT2D eigenvalue weighted by atomic mass is 9.93. The zero-order chi connectivity index (χ0) is 12.8. The molecule has 0 heterocycles. The SMILES string of the molecule is C=CC(=C)C1(C)C(O)(OC)C1(C)N(C)C=N. The summed E-state index contributed by atoms with van der Waals surface area (Å²) >= 11 is 0. The Morgan fingerprint density at radius 2 is 2.00 bits per heavy atom. The number of methoxy groups -OCH3 is 1. The van der Waals surface area contributed by atoms with E-state index in [0.29, 0.717) is 5.57 Å². The summed E-state index contributed by atoms with van der Waals surface area (Å²) in [4.78, 5) is 1.63. The van der Waals surface area contributed by atoms with E-state index < -0.39 is 16.7 Å². The van der Waals surface area contributed by atoms with Crippen molar-refractivity contribution in [2.24, 2.45) is 5.41 Å². The Hall–Kier alpha value is -1.13. The Morgan fingerprint density at radius 1 is 1.50 bits per heavy atom. The minimum absolute atomic E-state index is 0.664. The van der Waals surface area contributed by atoms with Gasteiger partial charge in [-0.3, -0.25) is 5.41 Å². The minimum Gasteiger partial charge on any atom is -0.363 e. The van der Waals surface area contributed by atoms with Crippen LogP contribution >= 0.6 is 0 Å². The molecule has 0 saturated heterocycles. The van der Waals surface area contributed by atoms with E-state index in [9.17, 15) is 5.11 Å². The van der Waals surface area contributed by atoms with Gasteiger partial charge in [-0.05, 0) is 19.4 Å². The molecular weight excluding hydrogens is 204 g/mol. The highest BCUT2D eigenvalue weighted by atomic mass is 16.6. The number of hydrogen-bond acceptors (Lipinski definition) is 3. The Morgan fingerprint density at radius 3 is 2.31 bits per heavy atom. The van der Waals surface area contributed by atoms with Crippen molar-refractivity contribution in [2.75, 3.05) is 14.2 Å². The Balaban J connectivity index is 3.27. The molecule has 1 rings (SSSR count). The predicted octanol–water partition coefficient (Wildman–Crippen LogP) is 1.38. The number of hydrogen-bond donors (Lipinski definition) is 2. The lowest BCUT2D eigenvalue weighted by Gasteiger charge is -2.26. The number of rotatable bonds is 5. The van der Waals surface area contributed by atoms with E-state index in [4.69, 9.17) is 10.1 Å². The molecule has 90 valence electrons. The number of nitrogens with one attached hydrogen (secondary N) is 1. The molecule has 3 unspecified atom stereocenters. The third kappa shape index (κ3) is 0.987. The van der Waals surface area contributed by atoms with Gasteiger partial charge in [0.25, 0.3) is 0 Å². The molecule has 0 aliphatic heterocycles. The standard InChI is InChI=1S/C12H20N2O2/c1-7-9(2)10(3)11(4,14(5)8-13)12(10,15)16-6/h7-8,13,15H,1-2H2,3-6H3. The van der Waals surface area contributed by atoms with Crippen molar-refractivity contribution in [3.63, 3.8) is 0 Å². The maximum Gasteiger partial charge on any atom is 0.201 e. The molecule has 0 amide bonds. The molecule has 4 heteroatoms. The minimum atomic E-state index is -1.35. The van der Waals surface area contributed by atoms with E-state index in [1.54, 1.807) is 18.0 Å². The van der Waals surface area contributed by atoms with E-state index in [1.165, 1.54) is 13.4 Å². The molecule has 0 aromatic rings. The van der Waals surface area contributed by atoms with Gasteiger partial charge < -0.3 is 14.7 Å². The summed E-state index contributed by atoms with van der Waals surface area (Å²) in [5.74, 6) is -1.35. The van der Waals surface area contributed by atoms with Crippen LogP contribution in [0.4, 0.5) is 0 Å². The highest BCUT2D eigenvalue weighted by molar-refractivity contribution is 5.59. The zero-order valence-corrected chi connectivity index (χ0v) is 10.4. The van der Waals surface area contributed by atoms with Crippen LogP contribution in [0, 0.1) is 10.8 Å². The molecule has 0 aromatic carbocycles. The van der Waals surface area contributed by atoms with Crippen LogP contribution in [0.1, 0.15) is 13.8 Å². The van der Waals surface area contributed by atoms with Gasteiger partial charge in [0.15, 0.2) is 0 Å². The fraction of sp³-hybridized carbons (Fsp3) is 0.583. The number of aliphatic hydroxyl groups is 1. The average molecular weight is 224 g/mol. The normalized spacial score (nSPS) is 41.3. The molecule has 0 radical (unpaired) electrons. The maximum absolute atomic E-state index is 10.5. The molecule has 0 spiro atoms. The zero-order valence-electron chi connectivity index (χ0n) is 10.4. The van der Waals surface area contributed by atoms with Gasteiger partial charge in [-0.2, -0.15) is 0 Å². The van der Waals surface area contributed by atoms with Crippen molar-refractivity contribution in [1.82, 2.24) is 4.90 Å². The topological polar surface area (TPSA) is 56.6 Å². The van der Waals surface area contributed by atoms with Gasteiger partial charge >= 0.3 is 0 Å². The molecule has 0 aromatic heterocycles. The van der Waals surface area contributed by atoms with Crippen molar-refractivity contribution in [3.8, 4) is 0 Å². The Kier molecular flexibility index (Phi) is 2.78. The highest BCUT2D eigenvalue weighted by Gasteiger charge is 2.86. The van der Waals surface area contributed by atoms with Crippen LogP contribution in [0.3, 0.4) is 0 Å². The summed E-state index contributed by atoms with van der Waals surface area (Å²) in [6.07, 6.45) is 2.79. The van der Waals surface area contributed by atoms with E-state index in [-0.39, 0.29) is 0 Å². The fourth-order valence-corrected chi connectivity index (χ4v) is 2.68. The number of ether oxygens (including phenoxy) is 1. The number of likely N-dealkylation sites (N-methyl/N-ethyl adjacent to an activating group) is 1. The average Bonchev–Trinajstić information content (AvgIpc) is 2.71. The molecule has 1 fully saturated rings. The summed E-state index contributed by atoms with van der Waals surface area (Å²) in [5.41, 5.74) is -0.669. The van der Waals surface area contributed by atoms with Crippen LogP contribution in [0.25, 0.3) is 0 Å². The molecule has 1 aliphatic carbocycles. The molecule has 1 saturated carbocycles. The Labute approximate surface area is 96.7 Å². The molecule has 4 nitrogen and oxygen atoms in total. The molecule has 3 atom stereocenters. The van der Waals surface area contributed by atoms with E-state index in [1.807, 2.05) is 13.8 Å². The summed E-state index contributed by atoms with van der Waals surface area (Å²) in [5, 5.41) is 17.8. The lowest BCUT2D eigenvalue weighted by Crippen LogP contribution is -2.39. The third-order valence-corrected chi connectivity index (χ3v) is 4.33. The smallest absolute Gasteiger partial charge is 0.201 e. The second kappa shape index (κ2) is 3.43. The number of allylic oxidation sites excluding steroid dienone is 1. The summed E-state index contributed by atoms with van der Waals surface area (Å²) in [6, 6.07) is 0. The van der Waals surface area contributed by atoms with Crippen LogP contribution in [0.2, 0.25) is 0 Å². The second-order valence-electron chi connectivity index (χ2n) is 4.51. The van der Waals surface area contributed by atoms with Crippen molar-refractivity contribution in [1.29, 1.82) is 5.41 Å². The van der Waals surface area contributed by atoms with Gasteiger partial charge in [-0.15, -0.1) is 0 Å². The first kappa shape index (κ1) is 12.9. The predicted molar refractivity (Wildman–Crippen MR) is 64.4 cm³/mol. The van der Waals surface area contributed by atoms with Gasteiger partial charge in [0.05, 0.1) is 11.8 Å². The summed E-state index contributed by atoms with van der Waals surface area (Å²) in [7, 11) is 3.19. The van der Waals surface area contributed by atoms with E-state index in [2.05, 4.69) is 13.2 Å². The van der Waals surface area contributed by atoms with Crippen LogP contribution in [0.5, 0.6) is 0 Å². The van der Waals surface area contributed by atoms with Gasteiger partial charge in [0, 0.05) is 14.2 Å². The largest absolute Gasteiger partial charge is 0.363 e. The molecule has 0 bridgehead atoms. The van der Waals surface area contributed by atoms with Crippen LogP contribution in [0.15, 0.2) is 24.8 Å². The van der Waals surface area contributed by atoms with Gasteiger partial charge in [-0.1, -0.05) is 19.2 Å². The molecular formula is C12H20N2O2. The molecule has 2 N–H and O–H groups in total. The second-order valence-corrected chi connectivity index (χ2v) is 4.51. The molecule has 16 heavy (non-hydrogen) atoms. The van der Waals surface area contributed by atoms with Crippen LogP contribution < -0.4 is 0 Å². The molecule has 1 aliphatic rings. The fourth-order valence-electron chi connectivity index (χ4n) is 2.68. The summed E-state index contributed by atoms with van der Waals surface area (Å²) < 4.78 is 5.23. The lowest BCUT2D eigenvalue weighted by molar-refractivity contribution is -0.141. The maximum atomic E-state index is 10.5. The Bertz CT molecular complexity index is 355. The van der Waals surface area contributed by atoms with Gasteiger partial charge in [0.1, 0.15) is 5.54 Å². The van der Waals surface area contributed by atoms with E-state index >= 15 is 0 Å². The van der Waals surface area contributed by atoms with Crippen molar-refractivity contribution in [3.05, 3.63) is 24.8 Å². The van der Waals surface area contributed by atoms with Crippen LogP contribution in [-0.4, -0.2) is 41.8 Å². The van der Waals surface area contributed by atoms with Crippen molar-refractivity contribution >= 4 is 6.34 Å². The monoisotopic (exact) mass is 224 g/mol. The quantitative estimate of drug-likeness (QED) is 0.321. The van der Waals surface area contributed by atoms with E-state index in [0.717, 1.165) is 0 Å². The van der Waals surface area contributed by atoms with Crippen molar-refractivity contribution in [2.45, 2.75) is 25.2 Å². The summed E-state index contributed by atoms with van der Waals surface area (Å²) in [6.45, 7) is 11.3.